The van der Waals surface area contributed by atoms with E-state index >= 15 is 0 Å². The molecular formula is C17H14ClFO. The van der Waals surface area contributed by atoms with Gasteiger partial charge in [0.1, 0.15) is 5.82 Å². The van der Waals surface area contributed by atoms with E-state index in [4.69, 9.17) is 11.6 Å². The molecule has 0 radical (unpaired) electrons. The van der Waals surface area contributed by atoms with Crippen LogP contribution in [0.3, 0.4) is 0 Å². The molecular weight excluding hydrogens is 275 g/mol. The van der Waals surface area contributed by atoms with E-state index < -0.39 is 0 Å². The molecule has 0 saturated carbocycles. The molecule has 0 atom stereocenters. The Morgan fingerprint density at radius 1 is 1.10 bits per heavy atom. The highest BCUT2D eigenvalue weighted by Crippen LogP contribution is 2.24. The van der Waals surface area contributed by atoms with E-state index in [2.05, 4.69) is 0 Å². The molecule has 1 aliphatic rings. The lowest BCUT2D eigenvalue weighted by Gasteiger charge is -2.06. The van der Waals surface area contributed by atoms with Gasteiger partial charge in [-0.25, -0.2) is 4.39 Å². The second kappa shape index (κ2) is 5.37. The summed E-state index contributed by atoms with van der Waals surface area (Å²) in [6.07, 6.45) is 3.43. The molecule has 3 rings (SSSR count). The molecule has 20 heavy (non-hydrogen) atoms. The van der Waals surface area contributed by atoms with Crippen LogP contribution < -0.4 is 0 Å². The van der Waals surface area contributed by atoms with E-state index in [1.165, 1.54) is 29.3 Å². The third-order valence-corrected chi connectivity index (χ3v) is 4.15. The van der Waals surface area contributed by atoms with Crippen LogP contribution in [-0.4, -0.2) is 5.78 Å². The zero-order valence-corrected chi connectivity index (χ0v) is 11.7. The Kier molecular flexibility index (Phi) is 3.58. The molecule has 0 aliphatic heterocycles. The fraction of sp³-hybridized carbons (Fsp3) is 0.235. The maximum atomic E-state index is 13.2. The smallest absolute Gasteiger partial charge is 0.167 e. The van der Waals surface area contributed by atoms with Gasteiger partial charge < -0.3 is 0 Å². The summed E-state index contributed by atoms with van der Waals surface area (Å²) in [5.74, 6) is -0.390. The molecule has 102 valence electrons. The molecule has 0 saturated heterocycles. The number of Topliss-reactive ketones (excluding diaryl/α,β-unsaturated/α-hetero) is 1. The van der Waals surface area contributed by atoms with E-state index in [1.807, 2.05) is 18.2 Å². The number of ketones is 1. The molecule has 2 aromatic carbocycles. The maximum absolute atomic E-state index is 13.2. The number of rotatable bonds is 3. The van der Waals surface area contributed by atoms with Gasteiger partial charge >= 0.3 is 0 Å². The number of fused-ring (bicyclic) bond motifs is 1. The summed E-state index contributed by atoms with van der Waals surface area (Å²) in [5.41, 5.74) is 3.83. The highest BCUT2D eigenvalue weighted by Gasteiger charge is 2.15. The Bertz CT molecular complexity index is 679. The van der Waals surface area contributed by atoms with Gasteiger partial charge in [0.25, 0.3) is 0 Å². The third kappa shape index (κ3) is 2.61. The first-order chi connectivity index (χ1) is 9.63. The lowest BCUT2D eigenvalue weighted by atomic mass is 9.99. The molecule has 0 amide bonds. The second-order valence-corrected chi connectivity index (χ2v) is 5.58. The summed E-state index contributed by atoms with van der Waals surface area (Å²) < 4.78 is 13.2. The topological polar surface area (TPSA) is 17.1 Å². The lowest BCUT2D eigenvalue weighted by Crippen LogP contribution is -2.05. The molecule has 0 heterocycles. The predicted octanol–water partition coefficient (Wildman–Crippen LogP) is 4.39. The zero-order chi connectivity index (χ0) is 14.1. The van der Waals surface area contributed by atoms with Crippen LogP contribution in [0.25, 0.3) is 0 Å². The molecule has 0 bridgehead atoms. The summed E-state index contributed by atoms with van der Waals surface area (Å²) >= 11 is 6.00. The fourth-order valence-electron chi connectivity index (χ4n) is 2.70. The minimum atomic E-state index is -0.369. The van der Waals surface area contributed by atoms with Gasteiger partial charge in [0.05, 0.1) is 0 Å². The van der Waals surface area contributed by atoms with Gasteiger partial charge in [-0.15, -0.1) is 0 Å². The SMILES string of the molecule is O=C(Cc1cc(F)ccc1Cl)c1ccc2c(c1)CCC2. The van der Waals surface area contributed by atoms with Crippen LogP contribution in [0.2, 0.25) is 5.02 Å². The minimum Gasteiger partial charge on any atom is -0.294 e. The number of carbonyl (C=O) groups is 1. The van der Waals surface area contributed by atoms with Gasteiger partial charge in [0.15, 0.2) is 5.78 Å². The molecule has 0 spiro atoms. The number of halogens is 2. The number of hydrogen-bond donors (Lipinski definition) is 0. The van der Waals surface area contributed by atoms with Gasteiger partial charge in [-0.05, 0) is 60.2 Å². The van der Waals surface area contributed by atoms with Gasteiger partial charge in [-0.2, -0.15) is 0 Å². The van der Waals surface area contributed by atoms with Crippen molar-refractivity contribution in [2.45, 2.75) is 25.7 Å². The zero-order valence-electron chi connectivity index (χ0n) is 11.0. The van der Waals surface area contributed by atoms with Gasteiger partial charge in [0.2, 0.25) is 0 Å². The molecule has 2 aromatic rings. The number of benzene rings is 2. The average Bonchev–Trinajstić information content (AvgIpc) is 2.90. The van der Waals surface area contributed by atoms with Crippen LogP contribution in [0.15, 0.2) is 36.4 Å². The van der Waals surface area contributed by atoms with Crippen molar-refractivity contribution in [3.05, 3.63) is 69.5 Å². The van der Waals surface area contributed by atoms with E-state index in [-0.39, 0.29) is 18.0 Å². The quantitative estimate of drug-likeness (QED) is 0.766. The number of hydrogen-bond acceptors (Lipinski definition) is 1. The molecule has 3 heteroatoms. The van der Waals surface area contributed by atoms with Crippen molar-refractivity contribution in [3.8, 4) is 0 Å². The molecule has 0 fully saturated rings. The van der Waals surface area contributed by atoms with Crippen molar-refractivity contribution in [1.29, 1.82) is 0 Å². The molecule has 0 unspecified atom stereocenters. The Balaban J connectivity index is 1.84. The first-order valence-corrected chi connectivity index (χ1v) is 7.10. The summed E-state index contributed by atoms with van der Waals surface area (Å²) in [4.78, 5) is 12.3. The number of carbonyl (C=O) groups excluding carboxylic acids is 1. The van der Waals surface area contributed by atoms with Crippen LogP contribution in [0, 0.1) is 5.82 Å². The van der Waals surface area contributed by atoms with Crippen molar-refractivity contribution in [1.82, 2.24) is 0 Å². The highest BCUT2D eigenvalue weighted by atomic mass is 35.5. The summed E-state index contributed by atoms with van der Waals surface area (Å²) in [6, 6.07) is 9.97. The van der Waals surface area contributed by atoms with E-state index in [1.54, 1.807) is 0 Å². The largest absolute Gasteiger partial charge is 0.294 e. The molecule has 0 aromatic heterocycles. The Hall–Kier alpha value is -1.67. The van der Waals surface area contributed by atoms with Crippen molar-refractivity contribution in [2.24, 2.45) is 0 Å². The Morgan fingerprint density at radius 2 is 1.90 bits per heavy atom. The minimum absolute atomic E-state index is 0.0211. The molecule has 0 N–H and O–H groups in total. The van der Waals surface area contributed by atoms with Gasteiger partial charge in [-0.3, -0.25) is 4.79 Å². The fourth-order valence-corrected chi connectivity index (χ4v) is 2.88. The predicted molar refractivity (Wildman–Crippen MR) is 77.9 cm³/mol. The van der Waals surface area contributed by atoms with Crippen molar-refractivity contribution >= 4 is 17.4 Å². The monoisotopic (exact) mass is 288 g/mol. The summed E-state index contributed by atoms with van der Waals surface area (Å²) in [7, 11) is 0. The van der Waals surface area contributed by atoms with Crippen molar-refractivity contribution in [2.75, 3.05) is 0 Å². The second-order valence-electron chi connectivity index (χ2n) is 5.17. The summed E-state index contributed by atoms with van der Waals surface area (Å²) in [6.45, 7) is 0. The Labute approximate surface area is 122 Å². The van der Waals surface area contributed by atoms with Crippen molar-refractivity contribution in [3.63, 3.8) is 0 Å². The van der Waals surface area contributed by atoms with Crippen LogP contribution >= 0.6 is 11.6 Å². The van der Waals surface area contributed by atoms with E-state index in [0.29, 0.717) is 16.1 Å². The Morgan fingerprint density at radius 3 is 2.75 bits per heavy atom. The van der Waals surface area contributed by atoms with Crippen LogP contribution in [-0.2, 0) is 19.3 Å². The van der Waals surface area contributed by atoms with Crippen LogP contribution in [0.5, 0.6) is 0 Å². The average molecular weight is 289 g/mol. The van der Waals surface area contributed by atoms with E-state index in [9.17, 15) is 9.18 Å². The first-order valence-electron chi connectivity index (χ1n) is 6.72. The standard InChI is InChI=1S/C17H14ClFO/c18-16-7-6-15(19)9-14(16)10-17(20)13-5-4-11-2-1-3-12(11)8-13/h4-9H,1-3,10H2. The number of aryl methyl sites for hydroxylation is 2. The van der Waals surface area contributed by atoms with Crippen LogP contribution in [0.4, 0.5) is 4.39 Å². The lowest BCUT2D eigenvalue weighted by molar-refractivity contribution is 0.0993. The molecule has 1 nitrogen and oxygen atoms in total. The normalized spacial score (nSPS) is 13.3. The van der Waals surface area contributed by atoms with E-state index in [0.717, 1.165) is 19.3 Å². The summed E-state index contributed by atoms with van der Waals surface area (Å²) in [5, 5.41) is 0.431. The highest BCUT2D eigenvalue weighted by molar-refractivity contribution is 6.31. The van der Waals surface area contributed by atoms with Gasteiger partial charge in [-0.1, -0.05) is 23.7 Å². The third-order valence-electron chi connectivity index (χ3n) is 3.78. The molecule has 1 aliphatic carbocycles. The van der Waals surface area contributed by atoms with Gasteiger partial charge in [0, 0.05) is 17.0 Å². The maximum Gasteiger partial charge on any atom is 0.167 e. The first kappa shape index (κ1) is 13.3. The van der Waals surface area contributed by atoms with Crippen LogP contribution in [0.1, 0.15) is 33.5 Å². The van der Waals surface area contributed by atoms with Crippen molar-refractivity contribution < 1.29 is 9.18 Å².